The lowest BCUT2D eigenvalue weighted by molar-refractivity contribution is -0.143. The first-order chi connectivity index (χ1) is 17.7. The maximum Gasteiger partial charge on any atom is 0.407 e. The molecule has 216 valence electrons. The Kier molecular flexibility index (Phi) is 14.1. The van der Waals surface area contributed by atoms with Crippen molar-refractivity contribution in [1.82, 2.24) is 15.7 Å². The lowest BCUT2D eigenvalue weighted by atomic mass is 9.87. The minimum atomic E-state index is -3.99. The zero-order valence-electron chi connectivity index (χ0n) is 22.2. The molecule has 1 heterocycles. The molecule has 0 aromatic rings. The van der Waals surface area contributed by atoms with E-state index in [0.29, 0.717) is 0 Å². The first-order valence-corrected chi connectivity index (χ1v) is 14.3. The van der Waals surface area contributed by atoms with E-state index in [1.807, 2.05) is 0 Å². The number of carbonyl (C=O) groups excluding carboxylic acids is 6. The van der Waals surface area contributed by atoms with Crippen molar-refractivity contribution in [1.29, 1.82) is 0 Å². The van der Waals surface area contributed by atoms with Crippen LogP contribution in [-0.2, 0) is 51.9 Å². The van der Waals surface area contributed by atoms with Crippen molar-refractivity contribution in [3.63, 3.8) is 0 Å². The monoisotopic (exact) mass is 581 g/mol. The third-order valence-electron chi connectivity index (χ3n) is 5.22. The Morgan fingerprint density at radius 3 is 2.34 bits per heavy atom. The Hall–Kier alpha value is -2.32. The Morgan fingerprint density at radius 1 is 1.03 bits per heavy atom. The fraction of sp³-hybridized carbons (Fsp3) is 0.727. The van der Waals surface area contributed by atoms with Crippen LogP contribution in [0.5, 0.6) is 0 Å². The number of esters is 2. The number of nitrogens with one attached hydrogen (secondary N) is 3. The summed E-state index contributed by atoms with van der Waals surface area (Å²) in [6.07, 6.45) is -1.70. The van der Waals surface area contributed by atoms with E-state index < -0.39 is 43.2 Å². The van der Waals surface area contributed by atoms with Crippen molar-refractivity contribution in [2.75, 3.05) is 39.7 Å². The van der Waals surface area contributed by atoms with Crippen LogP contribution in [0.1, 0.15) is 46.5 Å². The van der Waals surface area contributed by atoms with Crippen LogP contribution in [0.4, 0.5) is 0 Å². The number of rotatable bonds is 15. The molecule has 0 bridgehead atoms. The normalized spacial score (nSPS) is 21.0. The van der Waals surface area contributed by atoms with Gasteiger partial charge in [0.2, 0.25) is 11.8 Å². The number of Topliss-reactive ketones (excluding diaryl/α,β-unsaturated/α-hetero) is 1. The highest BCUT2D eigenvalue weighted by atomic mass is 32.2. The number of carbonyl (C=O) groups is 6. The molecule has 0 aliphatic carbocycles. The van der Waals surface area contributed by atoms with Crippen LogP contribution in [0, 0.1) is 5.41 Å². The lowest BCUT2D eigenvalue weighted by Gasteiger charge is -2.40. The van der Waals surface area contributed by atoms with E-state index >= 15 is 0 Å². The molecule has 0 spiro atoms. The highest BCUT2D eigenvalue weighted by Gasteiger charge is 2.48. The molecule has 3 N–H and O–H groups in total. The van der Waals surface area contributed by atoms with E-state index in [2.05, 4.69) is 25.2 Å². The molecule has 38 heavy (non-hydrogen) atoms. The number of ether oxygens (including phenoxy) is 2. The van der Waals surface area contributed by atoms with Gasteiger partial charge in [-0.05, 0) is 6.92 Å². The molecule has 1 aliphatic heterocycles. The smallest absolute Gasteiger partial charge is 0.407 e. The summed E-state index contributed by atoms with van der Waals surface area (Å²) in [6.45, 7) is 4.83. The van der Waals surface area contributed by atoms with E-state index in [9.17, 15) is 33.3 Å². The van der Waals surface area contributed by atoms with E-state index in [-0.39, 0.29) is 67.9 Å². The number of ketones is 1. The predicted molar refractivity (Wildman–Crippen MR) is 136 cm³/mol. The Balaban J connectivity index is 2.37. The molecule has 1 aliphatic rings. The van der Waals surface area contributed by atoms with Gasteiger partial charge < -0.3 is 20.1 Å². The fourth-order valence-corrected chi connectivity index (χ4v) is 5.69. The van der Waals surface area contributed by atoms with Gasteiger partial charge in [-0.2, -0.15) is 0 Å². The number of hydrogen-bond donors (Lipinski definition) is 3. The molecule has 3 atom stereocenters. The summed E-state index contributed by atoms with van der Waals surface area (Å²) >= 11 is 0.891. The molecule has 0 radical (unpaired) electrons. The summed E-state index contributed by atoms with van der Waals surface area (Å²) in [5, 5.41) is 7.23. The summed E-state index contributed by atoms with van der Waals surface area (Å²) < 4.78 is 32.7. The number of methoxy groups -OCH3 is 2. The van der Waals surface area contributed by atoms with Crippen LogP contribution >= 0.6 is 19.5 Å². The number of thioether (sulfide) groups is 1. The third-order valence-corrected chi connectivity index (χ3v) is 7.76. The Morgan fingerprint density at radius 2 is 1.71 bits per heavy atom. The average Bonchev–Trinajstić information content (AvgIpc) is 2.86. The summed E-state index contributed by atoms with van der Waals surface area (Å²) in [6, 6.07) is -1.00. The van der Waals surface area contributed by atoms with E-state index in [1.165, 1.54) is 21.1 Å². The number of amides is 2. The summed E-state index contributed by atoms with van der Waals surface area (Å²) in [4.78, 5) is 70.9. The van der Waals surface area contributed by atoms with Crippen molar-refractivity contribution in [2.45, 2.75) is 58.6 Å². The van der Waals surface area contributed by atoms with Crippen LogP contribution in [0.2, 0.25) is 0 Å². The van der Waals surface area contributed by atoms with Gasteiger partial charge in [-0.15, -0.1) is 0 Å². The molecule has 14 nitrogen and oxygen atoms in total. The maximum atomic E-state index is 12.9. The molecular formula is C22H36N3O11PS. The van der Waals surface area contributed by atoms with Gasteiger partial charge in [0.15, 0.2) is 11.2 Å². The van der Waals surface area contributed by atoms with Gasteiger partial charge in [0.05, 0.1) is 33.7 Å². The molecule has 1 fully saturated rings. The third kappa shape index (κ3) is 12.0. The fourth-order valence-electron chi connectivity index (χ4n) is 3.06. The molecule has 0 aromatic carbocycles. The molecule has 1 unspecified atom stereocenters. The van der Waals surface area contributed by atoms with Gasteiger partial charge in [-0.1, -0.05) is 25.6 Å². The van der Waals surface area contributed by atoms with Gasteiger partial charge in [-0.3, -0.25) is 37.8 Å². The van der Waals surface area contributed by atoms with Crippen LogP contribution in [0.3, 0.4) is 0 Å². The van der Waals surface area contributed by atoms with Crippen molar-refractivity contribution in [3.8, 4) is 0 Å². The minimum Gasteiger partial charge on any atom is -0.469 e. The molecule has 1 saturated heterocycles. The van der Waals surface area contributed by atoms with Gasteiger partial charge in [0.1, 0.15) is 11.8 Å². The van der Waals surface area contributed by atoms with E-state index in [4.69, 9.17) is 9.05 Å². The maximum absolute atomic E-state index is 12.9. The average molecular weight is 582 g/mol. The van der Waals surface area contributed by atoms with Crippen molar-refractivity contribution < 1.29 is 51.9 Å². The van der Waals surface area contributed by atoms with Crippen molar-refractivity contribution >= 4 is 54.2 Å². The van der Waals surface area contributed by atoms with Crippen LogP contribution < -0.4 is 15.7 Å². The zero-order valence-corrected chi connectivity index (χ0v) is 23.9. The van der Waals surface area contributed by atoms with Crippen LogP contribution in [-0.4, -0.2) is 86.5 Å². The second kappa shape index (κ2) is 15.9. The SMILES string of the molecule is COC(=O)CCC(=O)CC(=O)SCCNC(=O)CCNC(=O)[C@@H]1OP(=O)(N[C@@H](C)C(=O)OC)OCC1(C)C. The van der Waals surface area contributed by atoms with E-state index in [1.54, 1.807) is 13.8 Å². The largest absolute Gasteiger partial charge is 0.469 e. The second-order valence-corrected chi connectivity index (χ2v) is 11.9. The molecule has 0 saturated carbocycles. The van der Waals surface area contributed by atoms with Gasteiger partial charge in [0, 0.05) is 37.1 Å². The number of hydrogen-bond acceptors (Lipinski definition) is 12. The molecule has 1 rings (SSSR count). The molecular weight excluding hydrogens is 545 g/mol. The van der Waals surface area contributed by atoms with Crippen LogP contribution in [0.25, 0.3) is 0 Å². The standard InChI is InChI=1S/C22H36N3O11PS/c1-14(21(31)34-5)25-37(32)35-13-22(2,3)19(36-37)20(30)24-9-8-16(27)23-10-11-38-18(29)12-15(26)6-7-17(28)33-4/h14,19H,6-13H2,1-5H3,(H,23,27)(H,24,30)(H,25,32)/t14-,19-,37?/m0/s1. The Labute approximate surface area is 225 Å². The first kappa shape index (κ1) is 33.7. The zero-order chi connectivity index (χ0) is 28.9. The van der Waals surface area contributed by atoms with Crippen molar-refractivity contribution in [2.24, 2.45) is 5.41 Å². The minimum absolute atomic E-state index is 0.0292. The lowest BCUT2D eigenvalue weighted by Crippen LogP contribution is -2.51. The van der Waals surface area contributed by atoms with Gasteiger partial charge >= 0.3 is 19.7 Å². The Bertz CT molecular complexity index is 944. The highest BCUT2D eigenvalue weighted by Crippen LogP contribution is 2.53. The quantitative estimate of drug-likeness (QED) is 0.105. The highest BCUT2D eigenvalue weighted by molar-refractivity contribution is 8.13. The molecule has 16 heteroatoms. The first-order valence-electron chi connectivity index (χ1n) is 11.8. The second-order valence-electron chi connectivity index (χ2n) is 9.02. The van der Waals surface area contributed by atoms with Crippen LogP contribution in [0.15, 0.2) is 0 Å². The summed E-state index contributed by atoms with van der Waals surface area (Å²) in [5.41, 5.74) is -0.846. The van der Waals surface area contributed by atoms with E-state index in [0.717, 1.165) is 11.8 Å². The predicted octanol–water partition coefficient (Wildman–Crippen LogP) is 0.482. The summed E-state index contributed by atoms with van der Waals surface area (Å²) in [7, 11) is -1.60. The summed E-state index contributed by atoms with van der Waals surface area (Å²) in [5.74, 6) is -2.30. The molecule has 0 aromatic heterocycles. The van der Waals surface area contributed by atoms with Crippen molar-refractivity contribution in [3.05, 3.63) is 0 Å². The van der Waals surface area contributed by atoms with Gasteiger partial charge in [0.25, 0.3) is 0 Å². The topological polar surface area (TPSA) is 192 Å². The van der Waals surface area contributed by atoms with Gasteiger partial charge in [-0.25, -0.2) is 9.65 Å². The molecule has 2 amide bonds.